The molecule has 1 aromatic rings. The maximum absolute atomic E-state index is 12.0. The lowest BCUT2D eigenvalue weighted by molar-refractivity contribution is 0.0921. The SMILES string of the molecule is N#Cc1ccc(C(=O)CN2CCNCC2)cc1. The molecule has 1 fully saturated rings. The molecule has 1 N–H and O–H groups in total. The molecule has 1 aromatic carbocycles. The van der Waals surface area contributed by atoms with Gasteiger partial charge in [-0.1, -0.05) is 12.1 Å². The summed E-state index contributed by atoms with van der Waals surface area (Å²) >= 11 is 0. The second-order valence-corrected chi connectivity index (χ2v) is 4.14. The van der Waals surface area contributed by atoms with E-state index in [9.17, 15) is 4.79 Å². The summed E-state index contributed by atoms with van der Waals surface area (Å²) in [5.74, 6) is 0.122. The van der Waals surface area contributed by atoms with Crippen molar-refractivity contribution < 1.29 is 4.79 Å². The Morgan fingerprint density at radius 3 is 2.53 bits per heavy atom. The standard InChI is InChI=1S/C13H15N3O/c14-9-11-1-3-12(4-2-11)13(17)10-16-7-5-15-6-8-16/h1-4,15H,5-8,10H2. The zero-order chi connectivity index (χ0) is 12.1. The first-order valence-corrected chi connectivity index (χ1v) is 5.76. The van der Waals surface area contributed by atoms with Crippen LogP contribution in [0.5, 0.6) is 0 Å². The molecule has 2 rings (SSSR count). The summed E-state index contributed by atoms with van der Waals surface area (Å²) in [6.45, 7) is 4.19. The molecule has 0 atom stereocenters. The van der Waals surface area contributed by atoms with Crippen molar-refractivity contribution in [3.63, 3.8) is 0 Å². The number of Topliss-reactive ketones (excluding diaryl/α,β-unsaturated/α-hetero) is 1. The lowest BCUT2D eigenvalue weighted by Gasteiger charge is -2.26. The number of carbonyl (C=O) groups is 1. The van der Waals surface area contributed by atoms with Gasteiger partial charge in [-0.2, -0.15) is 5.26 Å². The van der Waals surface area contributed by atoms with Crippen molar-refractivity contribution >= 4 is 5.78 Å². The molecule has 88 valence electrons. The van der Waals surface area contributed by atoms with Crippen molar-refractivity contribution in [3.05, 3.63) is 35.4 Å². The number of hydrogen-bond acceptors (Lipinski definition) is 4. The van der Waals surface area contributed by atoms with Crippen LogP contribution in [-0.2, 0) is 0 Å². The first kappa shape index (κ1) is 11.8. The molecule has 4 nitrogen and oxygen atoms in total. The second-order valence-electron chi connectivity index (χ2n) is 4.14. The predicted molar refractivity (Wildman–Crippen MR) is 64.8 cm³/mol. The van der Waals surface area contributed by atoms with Gasteiger partial charge < -0.3 is 5.32 Å². The Morgan fingerprint density at radius 1 is 1.29 bits per heavy atom. The monoisotopic (exact) mass is 229 g/mol. The fraction of sp³-hybridized carbons (Fsp3) is 0.385. The summed E-state index contributed by atoms with van der Waals surface area (Å²) in [5.41, 5.74) is 1.27. The van der Waals surface area contributed by atoms with Gasteiger partial charge >= 0.3 is 0 Å². The molecule has 0 amide bonds. The maximum Gasteiger partial charge on any atom is 0.176 e. The van der Waals surface area contributed by atoms with E-state index in [1.165, 1.54) is 0 Å². The summed E-state index contributed by atoms with van der Waals surface area (Å²) in [5, 5.41) is 11.9. The number of ketones is 1. The van der Waals surface area contributed by atoms with Gasteiger partial charge in [-0.25, -0.2) is 0 Å². The number of nitrogens with zero attached hydrogens (tertiary/aromatic N) is 2. The Bertz CT molecular complexity index is 427. The van der Waals surface area contributed by atoms with E-state index in [2.05, 4.69) is 10.2 Å². The van der Waals surface area contributed by atoms with Crippen LogP contribution in [0, 0.1) is 11.3 Å². The van der Waals surface area contributed by atoms with Gasteiger partial charge in [-0.05, 0) is 12.1 Å². The van der Waals surface area contributed by atoms with E-state index >= 15 is 0 Å². The smallest absolute Gasteiger partial charge is 0.176 e. The van der Waals surface area contributed by atoms with Crippen molar-refractivity contribution in [3.8, 4) is 6.07 Å². The highest BCUT2D eigenvalue weighted by Crippen LogP contribution is 2.05. The van der Waals surface area contributed by atoms with Gasteiger partial charge in [0.1, 0.15) is 0 Å². The third kappa shape index (κ3) is 3.13. The molecule has 1 saturated heterocycles. The Kier molecular flexibility index (Phi) is 3.86. The molecule has 4 heteroatoms. The Morgan fingerprint density at radius 2 is 1.94 bits per heavy atom. The molecule has 0 spiro atoms. The number of rotatable bonds is 3. The molecule has 0 aliphatic carbocycles. The number of carbonyl (C=O) groups excluding carboxylic acids is 1. The van der Waals surface area contributed by atoms with Crippen LogP contribution in [-0.4, -0.2) is 43.4 Å². The van der Waals surface area contributed by atoms with Gasteiger partial charge in [0.05, 0.1) is 18.2 Å². The van der Waals surface area contributed by atoms with Crippen LogP contribution in [0.25, 0.3) is 0 Å². The van der Waals surface area contributed by atoms with Crippen LogP contribution in [0.3, 0.4) is 0 Å². The van der Waals surface area contributed by atoms with Crippen LogP contribution >= 0.6 is 0 Å². The molecule has 0 bridgehead atoms. The number of hydrogen-bond donors (Lipinski definition) is 1. The van der Waals surface area contributed by atoms with E-state index in [4.69, 9.17) is 5.26 Å². The van der Waals surface area contributed by atoms with E-state index in [-0.39, 0.29) is 5.78 Å². The van der Waals surface area contributed by atoms with Crippen LogP contribution in [0.15, 0.2) is 24.3 Å². The van der Waals surface area contributed by atoms with Gasteiger partial charge in [0.2, 0.25) is 0 Å². The van der Waals surface area contributed by atoms with Gasteiger partial charge in [0.15, 0.2) is 5.78 Å². The van der Waals surface area contributed by atoms with Crippen molar-refractivity contribution in [2.45, 2.75) is 0 Å². The topological polar surface area (TPSA) is 56.1 Å². The highest BCUT2D eigenvalue weighted by atomic mass is 16.1. The van der Waals surface area contributed by atoms with Gasteiger partial charge in [-0.15, -0.1) is 0 Å². The fourth-order valence-electron chi connectivity index (χ4n) is 1.89. The largest absolute Gasteiger partial charge is 0.314 e. The Balaban J connectivity index is 1.96. The third-order valence-electron chi connectivity index (χ3n) is 2.91. The van der Waals surface area contributed by atoms with Crippen molar-refractivity contribution in [1.29, 1.82) is 5.26 Å². The average molecular weight is 229 g/mol. The van der Waals surface area contributed by atoms with E-state index < -0.39 is 0 Å². The Labute approximate surface area is 101 Å². The molecule has 17 heavy (non-hydrogen) atoms. The summed E-state index contributed by atoms with van der Waals surface area (Å²) in [6, 6.07) is 8.87. The highest BCUT2D eigenvalue weighted by Gasteiger charge is 2.14. The molecule has 0 saturated carbocycles. The van der Waals surface area contributed by atoms with Crippen LogP contribution in [0.1, 0.15) is 15.9 Å². The normalized spacial score (nSPS) is 16.4. The number of nitriles is 1. The molecule has 1 heterocycles. The predicted octanol–water partition coefficient (Wildman–Crippen LogP) is 0.646. The van der Waals surface area contributed by atoms with Crippen LogP contribution in [0.4, 0.5) is 0 Å². The summed E-state index contributed by atoms with van der Waals surface area (Å²) in [7, 11) is 0. The highest BCUT2D eigenvalue weighted by molar-refractivity contribution is 5.97. The van der Waals surface area contributed by atoms with Crippen molar-refractivity contribution in [2.75, 3.05) is 32.7 Å². The van der Waals surface area contributed by atoms with Crippen molar-refractivity contribution in [2.24, 2.45) is 0 Å². The summed E-state index contributed by atoms with van der Waals surface area (Å²) in [4.78, 5) is 14.1. The molecule has 0 radical (unpaired) electrons. The molecule has 1 aliphatic heterocycles. The Hall–Kier alpha value is -1.70. The second kappa shape index (κ2) is 5.58. The minimum atomic E-state index is 0.122. The number of piperazine rings is 1. The minimum Gasteiger partial charge on any atom is -0.314 e. The van der Waals surface area contributed by atoms with Gasteiger partial charge in [0.25, 0.3) is 0 Å². The first-order valence-electron chi connectivity index (χ1n) is 5.76. The average Bonchev–Trinajstić information content (AvgIpc) is 2.40. The van der Waals surface area contributed by atoms with Crippen molar-refractivity contribution in [1.82, 2.24) is 10.2 Å². The number of nitrogens with one attached hydrogen (secondary N) is 1. The lowest BCUT2D eigenvalue weighted by atomic mass is 10.1. The maximum atomic E-state index is 12.0. The summed E-state index contributed by atoms with van der Waals surface area (Å²) in [6.07, 6.45) is 0. The van der Waals surface area contributed by atoms with E-state index in [1.54, 1.807) is 24.3 Å². The van der Waals surface area contributed by atoms with Gasteiger partial charge in [-0.3, -0.25) is 9.69 Å². The van der Waals surface area contributed by atoms with Crippen LogP contribution in [0.2, 0.25) is 0 Å². The summed E-state index contributed by atoms with van der Waals surface area (Å²) < 4.78 is 0. The first-order chi connectivity index (χ1) is 8.29. The minimum absolute atomic E-state index is 0.122. The van der Waals surface area contributed by atoms with Gasteiger partial charge in [0, 0.05) is 31.7 Å². The lowest BCUT2D eigenvalue weighted by Crippen LogP contribution is -2.45. The molecular weight excluding hydrogens is 214 g/mol. The van der Waals surface area contributed by atoms with E-state index in [0.29, 0.717) is 17.7 Å². The van der Waals surface area contributed by atoms with Crippen LogP contribution < -0.4 is 5.32 Å². The quantitative estimate of drug-likeness (QED) is 0.773. The zero-order valence-corrected chi connectivity index (χ0v) is 9.65. The molecule has 0 aromatic heterocycles. The molecule has 1 aliphatic rings. The zero-order valence-electron chi connectivity index (χ0n) is 9.65. The fourth-order valence-corrected chi connectivity index (χ4v) is 1.89. The third-order valence-corrected chi connectivity index (χ3v) is 2.91. The molecule has 0 unspecified atom stereocenters. The molecular formula is C13H15N3O. The number of benzene rings is 1. The van der Waals surface area contributed by atoms with E-state index in [1.807, 2.05) is 6.07 Å². The van der Waals surface area contributed by atoms with E-state index in [0.717, 1.165) is 26.2 Å².